The van der Waals surface area contributed by atoms with Crippen LogP contribution >= 0.6 is 11.6 Å². The van der Waals surface area contributed by atoms with Gasteiger partial charge in [-0.2, -0.15) is 4.31 Å². The first-order valence-electron chi connectivity index (χ1n) is 8.59. The number of sulfonamides is 1. The van der Waals surface area contributed by atoms with Crippen molar-refractivity contribution in [2.45, 2.75) is 23.8 Å². The third kappa shape index (κ3) is 4.19. The van der Waals surface area contributed by atoms with Crippen molar-refractivity contribution in [3.05, 3.63) is 59.1 Å². The zero-order valence-electron chi connectivity index (χ0n) is 15.1. The number of benzene rings is 2. The number of rotatable bonds is 5. The van der Waals surface area contributed by atoms with Crippen LogP contribution in [-0.4, -0.2) is 44.3 Å². The zero-order chi connectivity index (χ0) is 20.3. The van der Waals surface area contributed by atoms with Gasteiger partial charge in [0.2, 0.25) is 15.9 Å². The van der Waals surface area contributed by atoms with E-state index in [1.807, 2.05) is 0 Å². The van der Waals surface area contributed by atoms with Crippen LogP contribution in [0.4, 0.5) is 5.69 Å². The first-order chi connectivity index (χ1) is 13.3. The molecule has 1 aliphatic rings. The summed E-state index contributed by atoms with van der Waals surface area (Å²) in [7, 11) is -2.56. The number of nitrogens with one attached hydrogen (secondary N) is 1. The molecule has 1 N–H and O–H groups in total. The Morgan fingerprint density at radius 2 is 1.89 bits per heavy atom. The zero-order valence-corrected chi connectivity index (χ0v) is 16.7. The Hall–Kier alpha value is -2.42. The molecule has 1 amide bonds. The van der Waals surface area contributed by atoms with E-state index in [9.17, 15) is 18.0 Å². The number of nitrogens with zero attached hydrogens (tertiary/aromatic N) is 1. The second kappa shape index (κ2) is 8.30. The third-order valence-electron chi connectivity index (χ3n) is 4.48. The molecule has 28 heavy (non-hydrogen) atoms. The van der Waals surface area contributed by atoms with Gasteiger partial charge in [0.25, 0.3) is 0 Å². The number of methoxy groups -OCH3 is 1. The first-order valence-corrected chi connectivity index (χ1v) is 10.4. The van der Waals surface area contributed by atoms with Gasteiger partial charge in [-0.1, -0.05) is 17.7 Å². The quantitative estimate of drug-likeness (QED) is 0.748. The average molecular weight is 423 g/mol. The maximum absolute atomic E-state index is 12.9. The molecule has 2 aromatic rings. The fourth-order valence-electron chi connectivity index (χ4n) is 3.10. The molecule has 148 valence electrons. The fraction of sp³-hybridized carbons (Fsp3) is 0.263. The average Bonchev–Trinajstić information content (AvgIpc) is 3.19. The Morgan fingerprint density at radius 1 is 1.18 bits per heavy atom. The summed E-state index contributed by atoms with van der Waals surface area (Å²) in [4.78, 5) is 24.5. The molecule has 0 radical (unpaired) electrons. The molecule has 9 heteroatoms. The highest BCUT2D eigenvalue weighted by atomic mass is 35.5. The molecule has 0 saturated carbocycles. The van der Waals surface area contributed by atoms with Gasteiger partial charge in [0, 0.05) is 17.3 Å². The highest BCUT2D eigenvalue weighted by Crippen LogP contribution is 2.28. The molecule has 0 aromatic heterocycles. The van der Waals surface area contributed by atoms with Crippen LogP contribution < -0.4 is 5.32 Å². The lowest BCUT2D eigenvalue weighted by Gasteiger charge is -2.23. The minimum absolute atomic E-state index is 0.0873. The normalized spacial score (nSPS) is 17.3. The number of anilines is 1. The maximum Gasteiger partial charge on any atom is 0.337 e. The van der Waals surface area contributed by atoms with Gasteiger partial charge >= 0.3 is 5.97 Å². The predicted molar refractivity (Wildman–Crippen MR) is 105 cm³/mol. The van der Waals surface area contributed by atoms with Crippen LogP contribution in [-0.2, 0) is 19.6 Å². The molecule has 1 unspecified atom stereocenters. The van der Waals surface area contributed by atoms with Gasteiger partial charge in [-0.05, 0) is 55.3 Å². The first kappa shape index (κ1) is 20.3. The molecular formula is C19H19ClN2O5S. The maximum atomic E-state index is 12.9. The minimum atomic E-state index is -3.83. The lowest BCUT2D eigenvalue weighted by Crippen LogP contribution is -2.43. The van der Waals surface area contributed by atoms with Gasteiger partial charge in [0.1, 0.15) is 6.04 Å². The Morgan fingerprint density at radius 3 is 2.57 bits per heavy atom. The molecule has 3 rings (SSSR count). The third-order valence-corrected chi connectivity index (χ3v) is 6.65. The highest BCUT2D eigenvalue weighted by Gasteiger charge is 2.39. The van der Waals surface area contributed by atoms with Crippen molar-refractivity contribution >= 4 is 39.2 Å². The van der Waals surface area contributed by atoms with Crippen LogP contribution in [0.1, 0.15) is 23.2 Å². The van der Waals surface area contributed by atoms with Gasteiger partial charge < -0.3 is 10.1 Å². The van der Waals surface area contributed by atoms with Crippen LogP contribution in [0, 0.1) is 0 Å². The van der Waals surface area contributed by atoms with E-state index in [1.54, 1.807) is 18.2 Å². The van der Waals surface area contributed by atoms with E-state index in [0.29, 0.717) is 23.6 Å². The van der Waals surface area contributed by atoms with Crippen molar-refractivity contribution in [1.29, 1.82) is 0 Å². The van der Waals surface area contributed by atoms with E-state index < -0.39 is 27.9 Å². The number of halogens is 1. The topological polar surface area (TPSA) is 92.8 Å². The summed E-state index contributed by atoms with van der Waals surface area (Å²) in [5.41, 5.74) is 0.681. The van der Waals surface area contributed by atoms with Crippen molar-refractivity contribution in [2.24, 2.45) is 0 Å². The van der Waals surface area contributed by atoms with Crippen LogP contribution in [0.2, 0.25) is 5.02 Å². The van der Waals surface area contributed by atoms with Crippen LogP contribution in [0.5, 0.6) is 0 Å². The summed E-state index contributed by atoms with van der Waals surface area (Å²) >= 11 is 5.83. The van der Waals surface area contributed by atoms with E-state index in [4.69, 9.17) is 11.6 Å². The number of hydrogen-bond donors (Lipinski definition) is 1. The summed E-state index contributed by atoms with van der Waals surface area (Å²) in [5, 5.41) is 3.12. The van der Waals surface area contributed by atoms with Crippen molar-refractivity contribution in [3.63, 3.8) is 0 Å². The van der Waals surface area contributed by atoms with Gasteiger partial charge in [-0.15, -0.1) is 0 Å². The second-order valence-electron chi connectivity index (χ2n) is 6.29. The van der Waals surface area contributed by atoms with Gasteiger partial charge in [-0.25, -0.2) is 13.2 Å². The van der Waals surface area contributed by atoms with Crippen LogP contribution in [0.25, 0.3) is 0 Å². The van der Waals surface area contributed by atoms with E-state index in [0.717, 1.165) is 0 Å². The summed E-state index contributed by atoms with van der Waals surface area (Å²) in [6.45, 7) is 0.255. The minimum Gasteiger partial charge on any atom is -0.465 e. The summed E-state index contributed by atoms with van der Waals surface area (Å²) in [5.74, 6) is -0.971. The Kier molecular flexibility index (Phi) is 6.02. The summed E-state index contributed by atoms with van der Waals surface area (Å²) < 4.78 is 31.7. The second-order valence-corrected chi connectivity index (χ2v) is 8.62. The summed E-state index contributed by atoms with van der Waals surface area (Å²) in [6.07, 6.45) is 0.989. The Bertz CT molecular complexity index is 992. The Balaban J connectivity index is 1.80. The number of hydrogen-bond acceptors (Lipinski definition) is 5. The highest BCUT2D eigenvalue weighted by molar-refractivity contribution is 7.89. The SMILES string of the molecule is COC(=O)c1cccc(NC(=O)C2CCCN2S(=O)(=O)c2ccc(Cl)cc2)c1. The standard InChI is InChI=1S/C19H19ClN2O5S/c1-27-19(24)13-4-2-5-15(12-13)21-18(23)17-6-3-11-22(17)28(25,26)16-9-7-14(20)8-10-16/h2,4-5,7-10,12,17H,3,6,11H2,1H3,(H,21,23). The predicted octanol–water partition coefficient (Wildman–Crippen LogP) is 2.92. The van der Waals surface area contributed by atoms with E-state index >= 15 is 0 Å². The van der Waals surface area contributed by atoms with Crippen LogP contribution in [0.15, 0.2) is 53.4 Å². The Labute approximate surface area is 168 Å². The van der Waals surface area contributed by atoms with Crippen molar-refractivity contribution in [2.75, 3.05) is 19.0 Å². The van der Waals surface area contributed by atoms with Gasteiger partial charge in [0.05, 0.1) is 17.6 Å². The molecule has 0 aliphatic carbocycles. The van der Waals surface area contributed by atoms with Gasteiger partial charge in [0.15, 0.2) is 0 Å². The van der Waals surface area contributed by atoms with Crippen molar-refractivity contribution in [3.8, 4) is 0 Å². The molecule has 1 fully saturated rings. The monoisotopic (exact) mass is 422 g/mol. The van der Waals surface area contributed by atoms with Crippen molar-refractivity contribution < 1.29 is 22.7 Å². The number of carbonyl (C=O) groups is 2. The molecule has 1 atom stereocenters. The lowest BCUT2D eigenvalue weighted by atomic mass is 10.2. The van der Waals surface area contributed by atoms with Gasteiger partial charge in [-0.3, -0.25) is 4.79 Å². The number of esters is 1. The molecular weight excluding hydrogens is 404 g/mol. The molecule has 2 aromatic carbocycles. The van der Waals surface area contributed by atoms with E-state index in [2.05, 4.69) is 10.1 Å². The summed E-state index contributed by atoms with van der Waals surface area (Å²) in [6, 6.07) is 11.3. The molecule has 0 spiro atoms. The molecule has 7 nitrogen and oxygen atoms in total. The molecule has 1 aliphatic heterocycles. The number of carbonyl (C=O) groups excluding carboxylic acids is 2. The molecule has 1 heterocycles. The molecule has 0 bridgehead atoms. The van der Waals surface area contributed by atoms with Crippen molar-refractivity contribution in [1.82, 2.24) is 4.31 Å². The van der Waals surface area contributed by atoms with Crippen LogP contribution in [0.3, 0.4) is 0 Å². The van der Waals surface area contributed by atoms with E-state index in [1.165, 1.54) is 41.7 Å². The number of amides is 1. The number of ether oxygens (including phenoxy) is 1. The fourth-order valence-corrected chi connectivity index (χ4v) is 4.88. The molecule has 1 saturated heterocycles. The largest absolute Gasteiger partial charge is 0.465 e. The lowest BCUT2D eigenvalue weighted by molar-refractivity contribution is -0.119. The smallest absolute Gasteiger partial charge is 0.337 e. The van der Waals surface area contributed by atoms with E-state index in [-0.39, 0.29) is 17.0 Å².